The number of benzene rings is 1. The Bertz CT molecular complexity index is 576. The normalized spacial score (nSPS) is 17.6. The summed E-state index contributed by atoms with van der Waals surface area (Å²) in [6.45, 7) is 4.17. The van der Waals surface area contributed by atoms with E-state index in [2.05, 4.69) is 17.3 Å². The maximum absolute atomic E-state index is 5.78. The third kappa shape index (κ3) is 3.99. The van der Waals surface area contributed by atoms with E-state index < -0.39 is 0 Å². The molecule has 1 aromatic carbocycles. The summed E-state index contributed by atoms with van der Waals surface area (Å²) in [4.78, 5) is 4.61. The SMILES string of the molecule is CCCOc1ccc(OCc2csc(C3CCCO3)n2)cc1. The Morgan fingerprint density at radius 1 is 1.23 bits per heavy atom. The van der Waals surface area contributed by atoms with Crippen LogP contribution < -0.4 is 9.47 Å². The molecule has 1 atom stereocenters. The molecule has 0 aliphatic carbocycles. The average molecular weight is 319 g/mol. The van der Waals surface area contributed by atoms with Gasteiger partial charge in [-0.15, -0.1) is 11.3 Å². The molecule has 0 spiro atoms. The second-order valence-electron chi connectivity index (χ2n) is 5.29. The fraction of sp³-hybridized carbons (Fsp3) is 0.471. The molecular formula is C17H21NO3S. The molecule has 5 heteroatoms. The van der Waals surface area contributed by atoms with Crippen molar-refractivity contribution in [3.63, 3.8) is 0 Å². The molecule has 1 aliphatic rings. The highest BCUT2D eigenvalue weighted by atomic mass is 32.1. The summed E-state index contributed by atoms with van der Waals surface area (Å²) >= 11 is 1.66. The Labute approximate surface area is 135 Å². The van der Waals surface area contributed by atoms with Gasteiger partial charge in [0.25, 0.3) is 0 Å². The fourth-order valence-corrected chi connectivity index (χ4v) is 3.20. The first-order valence-electron chi connectivity index (χ1n) is 7.76. The molecule has 22 heavy (non-hydrogen) atoms. The Kier molecular flexibility index (Phi) is 5.29. The fourth-order valence-electron chi connectivity index (χ4n) is 2.32. The Morgan fingerprint density at radius 2 is 2.00 bits per heavy atom. The van der Waals surface area contributed by atoms with E-state index in [4.69, 9.17) is 14.2 Å². The maximum Gasteiger partial charge on any atom is 0.131 e. The van der Waals surface area contributed by atoms with Gasteiger partial charge in [0.1, 0.15) is 29.2 Å². The largest absolute Gasteiger partial charge is 0.494 e. The smallest absolute Gasteiger partial charge is 0.131 e. The van der Waals surface area contributed by atoms with Crippen LogP contribution in [0.3, 0.4) is 0 Å². The van der Waals surface area contributed by atoms with Crippen LogP contribution in [-0.4, -0.2) is 18.2 Å². The molecule has 0 amide bonds. The number of aromatic nitrogens is 1. The lowest BCUT2D eigenvalue weighted by Crippen LogP contribution is -1.99. The molecule has 0 radical (unpaired) electrons. The second-order valence-corrected chi connectivity index (χ2v) is 6.18. The van der Waals surface area contributed by atoms with Crippen molar-refractivity contribution < 1.29 is 14.2 Å². The van der Waals surface area contributed by atoms with Gasteiger partial charge in [0.05, 0.1) is 12.3 Å². The number of hydrogen-bond donors (Lipinski definition) is 0. The lowest BCUT2D eigenvalue weighted by Gasteiger charge is -2.07. The molecule has 0 N–H and O–H groups in total. The third-order valence-corrected chi connectivity index (χ3v) is 4.44. The van der Waals surface area contributed by atoms with Crippen molar-refractivity contribution >= 4 is 11.3 Å². The van der Waals surface area contributed by atoms with Crippen molar-refractivity contribution in [2.24, 2.45) is 0 Å². The average Bonchev–Trinajstić information content (AvgIpc) is 3.23. The van der Waals surface area contributed by atoms with Gasteiger partial charge in [-0.2, -0.15) is 0 Å². The zero-order valence-electron chi connectivity index (χ0n) is 12.8. The van der Waals surface area contributed by atoms with Crippen LogP contribution in [0.1, 0.15) is 43.0 Å². The van der Waals surface area contributed by atoms with Crippen molar-refractivity contribution in [1.29, 1.82) is 0 Å². The maximum atomic E-state index is 5.78. The molecule has 2 heterocycles. The summed E-state index contributed by atoms with van der Waals surface area (Å²) in [6.07, 6.45) is 3.40. The Hall–Kier alpha value is -1.59. The van der Waals surface area contributed by atoms with Crippen LogP contribution in [0.5, 0.6) is 11.5 Å². The first-order valence-corrected chi connectivity index (χ1v) is 8.64. The molecule has 118 valence electrons. The molecular weight excluding hydrogens is 298 g/mol. The number of thiazole rings is 1. The van der Waals surface area contributed by atoms with E-state index in [9.17, 15) is 0 Å². The first-order chi connectivity index (χ1) is 10.8. The predicted molar refractivity (Wildman–Crippen MR) is 86.6 cm³/mol. The summed E-state index contributed by atoms with van der Waals surface area (Å²) < 4.78 is 17.0. The highest BCUT2D eigenvalue weighted by Gasteiger charge is 2.20. The van der Waals surface area contributed by atoms with Crippen molar-refractivity contribution in [3.8, 4) is 11.5 Å². The van der Waals surface area contributed by atoms with E-state index in [1.165, 1.54) is 0 Å². The highest BCUT2D eigenvalue weighted by Crippen LogP contribution is 2.30. The van der Waals surface area contributed by atoms with Gasteiger partial charge in [0.2, 0.25) is 0 Å². The molecule has 2 aromatic rings. The Morgan fingerprint density at radius 3 is 2.68 bits per heavy atom. The molecule has 4 nitrogen and oxygen atoms in total. The van der Waals surface area contributed by atoms with Crippen molar-refractivity contribution in [3.05, 3.63) is 40.3 Å². The number of ether oxygens (including phenoxy) is 3. The van der Waals surface area contributed by atoms with Gasteiger partial charge in [0, 0.05) is 12.0 Å². The minimum Gasteiger partial charge on any atom is -0.494 e. The van der Waals surface area contributed by atoms with Crippen LogP contribution in [0.4, 0.5) is 0 Å². The van der Waals surface area contributed by atoms with Gasteiger partial charge in [-0.25, -0.2) is 4.98 Å². The van der Waals surface area contributed by atoms with Gasteiger partial charge in [-0.3, -0.25) is 0 Å². The monoisotopic (exact) mass is 319 g/mol. The summed E-state index contributed by atoms with van der Waals surface area (Å²) in [5.74, 6) is 1.71. The standard InChI is InChI=1S/C17H21NO3S/c1-2-9-19-14-5-7-15(8-6-14)21-11-13-12-22-17(18-13)16-4-3-10-20-16/h5-8,12,16H,2-4,9-11H2,1H3. The Balaban J connectivity index is 1.51. The molecule has 1 fully saturated rings. The number of hydrogen-bond acceptors (Lipinski definition) is 5. The summed E-state index contributed by atoms with van der Waals surface area (Å²) in [5, 5.41) is 3.12. The summed E-state index contributed by atoms with van der Waals surface area (Å²) in [6, 6.07) is 7.73. The third-order valence-electron chi connectivity index (χ3n) is 3.46. The van der Waals surface area contributed by atoms with E-state index in [0.29, 0.717) is 6.61 Å². The van der Waals surface area contributed by atoms with Gasteiger partial charge < -0.3 is 14.2 Å². The molecule has 3 rings (SSSR count). The summed E-state index contributed by atoms with van der Waals surface area (Å²) in [5.41, 5.74) is 0.960. The quantitative estimate of drug-likeness (QED) is 0.760. The minimum atomic E-state index is 0.189. The molecule has 1 unspecified atom stereocenters. The lowest BCUT2D eigenvalue weighted by molar-refractivity contribution is 0.111. The number of nitrogens with zero attached hydrogens (tertiary/aromatic N) is 1. The van der Waals surface area contributed by atoms with Crippen LogP contribution >= 0.6 is 11.3 Å². The lowest BCUT2D eigenvalue weighted by atomic mass is 10.2. The zero-order valence-corrected chi connectivity index (χ0v) is 13.6. The van der Waals surface area contributed by atoms with Crippen LogP contribution in [0.15, 0.2) is 29.6 Å². The molecule has 1 aromatic heterocycles. The van der Waals surface area contributed by atoms with Gasteiger partial charge in [-0.05, 0) is 43.5 Å². The molecule has 0 saturated carbocycles. The van der Waals surface area contributed by atoms with E-state index in [1.807, 2.05) is 24.3 Å². The first kappa shape index (κ1) is 15.3. The van der Waals surface area contributed by atoms with Crippen molar-refractivity contribution in [1.82, 2.24) is 4.98 Å². The van der Waals surface area contributed by atoms with E-state index in [-0.39, 0.29) is 6.10 Å². The summed E-state index contributed by atoms with van der Waals surface area (Å²) in [7, 11) is 0. The topological polar surface area (TPSA) is 40.6 Å². The molecule has 1 aliphatic heterocycles. The minimum absolute atomic E-state index is 0.189. The van der Waals surface area contributed by atoms with E-state index in [0.717, 1.165) is 54.7 Å². The second kappa shape index (κ2) is 7.61. The van der Waals surface area contributed by atoms with Crippen molar-refractivity contribution in [2.75, 3.05) is 13.2 Å². The molecule has 1 saturated heterocycles. The zero-order chi connectivity index (χ0) is 15.2. The predicted octanol–water partition coefficient (Wildman–Crippen LogP) is 4.36. The van der Waals surface area contributed by atoms with E-state index >= 15 is 0 Å². The van der Waals surface area contributed by atoms with Crippen LogP contribution in [0, 0.1) is 0 Å². The molecule has 0 bridgehead atoms. The van der Waals surface area contributed by atoms with Crippen LogP contribution in [0.2, 0.25) is 0 Å². The van der Waals surface area contributed by atoms with Crippen LogP contribution in [-0.2, 0) is 11.3 Å². The highest BCUT2D eigenvalue weighted by molar-refractivity contribution is 7.09. The van der Waals surface area contributed by atoms with E-state index in [1.54, 1.807) is 11.3 Å². The van der Waals surface area contributed by atoms with Crippen LogP contribution in [0.25, 0.3) is 0 Å². The van der Waals surface area contributed by atoms with Crippen molar-refractivity contribution in [2.45, 2.75) is 38.9 Å². The van der Waals surface area contributed by atoms with Gasteiger partial charge >= 0.3 is 0 Å². The number of rotatable bonds is 7. The van der Waals surface area contributed by atoms with Gasteiger partial charge in [-0.1, -0.05) is 6.92 Å². The van der Waals surface area contributed by atoms with Gasteiger partial charge in [0.15, 0.2) is 0 Å².